The van der Waals surface area contributed by atoms with Crippen LogP contribution in [0.5, 0.6) is 11.6 Å². The highest BCUT2D eigenvalue weighted by Gasteiger charge is 2.38. The molecule has 1 fully saturated rings. The minimum Gasteiger partial charge on any atom is -0.490 e. The van der Waals surface area contributed by atoms with Gasteiger partial charge in [0, 0.05) is 25.0 Å². The lowest BCUT2D eigenvalue weighted by molar-refractivity contribution is -0.159. The first-order valence-corrected chi connectivity index (χ1v) is 9.67. The molecule has 0 saturated heterocycles. The highest BCUT2D eigenvalue weighted by atomic mass is 19.4. The number of aromatic nitrogens is 2. The average molecular weight is 449 g/mol. The van der Waals surface area contributed by atoms with Crippen LogP contribution in [0.15, 0.2) is 30.5 Å². The number of alkyl halides is 6. The first kappa shape index (κ1) is 23.0. The van der Waals surface area contributed by atoms with Crippen LogP contribution >= 0.6 is 0 Å². The zero-order valence-corrected chi connectivity index (χ0v) is 16.6. The molecule has 1 heterocycles. The van der Waals surface area contributed by atoms with Crippen molar-refractivity contribution in [3.05, 3.63) is 36.0 Å². The maximum atomic E-state index is 13.1. The van der Waals surface area contributed by atoms with Crippen molar-refractivity contribution < 1.29 is 35.8 Å². The first-order chi connectivity index (χ1) is 14.5. The summed E-state index contributed by atoms with van der Waals surface area (Å²) in [6.45, 7) is -1.90. The molecule has 1 aromatic heterocycles. The number of hydrogen-bond donors (Lipinski definition) is 0. The Balaban J connectivity index is 1.83. The molecule has 2 aromatic rings. The van der Waals surface area contributed by atoms with Gasteiger partial charge in [0.1, 0.15) is 11.3 Å². The van der Waals surface area contributed by atoms with Crippen LogP contribution in [0.1, 0.15) is 37.7 Å². The Hall–Kier alpha value is -2.72. The molecular formula is C20H21F6N3O2. The zero-order chi connectivity index (χ0) is 22.6. The van der Waals surface area contributed by atoms with E-state index in [2.05, 4.69) is 14.7 Å². The van der Waals surface area contributed by atoms with E-state index in [1.165, 1.54) is 18.4 Å². The van der Waals surface area contributed by atoms with E-state index in [1.807, 2.05) is 0 Å². The normalized spacial score (nSPS) is 15.6. The van der Waals surface area contributed by atoms with Crippen molar-refractivity contribution in [1.29, 1.82) is 0 Å². The second-order valence-corrected chi connectivity index (χ2v) is 7.22. The summed E-state index contributed by atoms with van der Waals surface area (Å²) in [4.78, 5) is 8.60. The van der Waals surface area contributed by atoms with E-state index in [1.54, 1.807) is 24.3 Å². The van der Waals surface area contributed by atoms with Gasteiger partial charge in [-0.2, -0.15) is 31.3 Å². The van der Waals surface area contributed by atoms with Gasteiger partial charge in [-0.1, -0.05) is 12.5 Å². The minimum atomic E-state index is -4.97. The van der Waals surface area contributed by atoms with Gasteiger partial charge in [0.2, 0.25) is 11.8 Å². The first-order valence-electron chi connectivity index (χ1n) is 9.67. The van der Waals surface area contributed by atoms with Crippen molar-refractivity contribution in [2.75, 3.05) is 18.6 Å². The van der Waals surface area contributed by atoms with Crippen LogP contribution in [0.25, 0.3) is 0 Å². The largest absolute Gasteiger partial charge is 0.490 e. The Morgan fingerprint density at radius 1 is 1.06 bits per heavy atom. The Kier molecular flexibility index (Phi) is 6.80. The number of benzene rings is 1. The third-order valence-corrected chi connectivity index (χ3v) is 4.78. The summed E-state index contributed by atoms with van der Waals surface area (Å²) in [7, 11) is 1.48. The maximum Gasteiger partial charge on any atom is 0.423 e. The van der Waals surface area contributed by atoms with Gasteiger partial charge in [0.15, 0.2) is 6.61 Å². The monoisotopic (exact) mass is 449 g/mol. The third kappa shape index (κ3) is 6.38. The number of hydrogen-bond acceptors (Lipinski definition) is 5. The zero-order valence-electron chi connectivity index (χ0n) is 16.6. The molecular weight excluding hydrogens is 428 g/mol. The smallest absolute Gasteiger partial charge is 0.423 e. The second kappa shape index (κ2) is 9.19. The van der Waals surface area contributed by atoms with Crippen LogP contribution < -0.4 is 14.4 Å². The fourth-order valence-electron chi connectivity index (χ4n) is 3.23. The summed E-state index contributed by atoms with van der Waals surface area (Å²) in [5.41, 5.74) is -0.988. The number of rotatable bonds is 6. The quantitative estimate of drug-likeness (QED) is 0.513. The molecule has 0 radical (unpaired) electrons. The van der Waals surface area contributed by atoms with E-state index >= 15 is 0 Å². The van der Waals surface area contributed by atoms with Crippen LogP contribution in [0, 0.1) is 0 Å². The lowest BCUT2D eigenvalue weighted by Crippen LogP contribution is -2.23. The predicted molar refractivity (Wildman–Crippen MR) is 101 cm³/mol. The van der Waals surface area contributed by atoms with E-state index in [-0.39, 0.29) is 12.1 Å². The molecule has 5 nitrogen and oxygen atoms in total. The van der Waals surface area contributed by atoms with Crippen molar-refractivity contribution in [3.63, 3.8) is 0 Å². The molecule has 0 aliphatic heterocycles. The molecule has 11 heteroatoms. The molecule has 1 saturated carbocycles. The minimum absolute atomic E-state index is 0.0963. The standard InChI is InChI=1S/C20H21F6N3O2/c1-29(13-6-5-9-15(10-13)31-14-7-3-2-4-8-14)18-27-11-16(20(24,25)26)17(28-18)30-12-19(21,22)23/h5-6,9-11,14H,2-4,7-8,12H2,1H3. The SMILES string of the molecule is CN(c1cccc(OC2CCCCC2)c1)c1ncc(C(F)(F)F)c(OCC(F)(F)F)n1. The highest BCUT2D eigenvalue weighted by molar-refractivity contribution is 5.59. The van der Waals surface area contributed by atoms with Crippen LogP contribution in [-0.2, 0) is 6.18 Å². The molecule has 0 atom stereocenters. The summed E-state index contributed by atoms with van der Waals surface area (Å²) in [6.07, 6.45) is -4.03. The van der Waals surface area contributed by atoms with Gasteiger partial charge in [-0.25, -0.2) is 4.98 Å². The Labute approximate surface area is 175 Å². The Morgan fingerprint density at radius 3 is 2.42 bits per heavy atom. The van der Waals surface area contributed by atoms with E-state index in [0.717, 1.165) is 25.7 Å². The van der Waals surface area contributed by atoms with Gasteiger partial charge >= 0.3 is 12.4 Å². The van der Waals surface area contributed by atoms with Gasteiger partial charge in [-0.15, -0.1) is 0 Å². The van der Waals surface area contributed by atoms with E-state index in [4.69, 9.17) is 4.74 Å². The van der Waals surface area contributed by atoms with Crippen molar-refractivity contribution >= 4 is 11.6 Å². The molecule has 0 amide bonds. The Bertz CT molecular complexity index is 882. The summed E-state index contributed by atoms with van der Waals surface area (Å²) < 4.78 is 87.1. The molecule has 1 aliphatic rings. The van der Waals surface area contributed by atoms with Gasteiger partial charge in [-0.05, 0) is 37.8 Å². The van der Waals surface area contributed by atoms with E-state index in [9.17, 15) is 26.3 Å². The molecule has 1 aliphatic carbocycles. The van der Waals surface area contributed by atoms with Gasteiger partial charge in [0.05, 0.1) is 6.10 Å². The van der Waals surface area contributed by atoms with Crippen LogP contribution in [0.2, 0.25) is 0 Å². The van der Waals surface area contributed by atoms with Crippen LogP contribution in [-0.4, -0.2) is 35.9 Å². The molecule has 0 bridgehead atoms. The number of halogens is 6. The lowest BCUT2D eigenvalue weighted by Gasteiger charge is -2.24. The molecule has 0 N–H and O–H groups in total. The molecule has 170 valence electrons. The van der Waals surface area contributed by atoms with Crippen molar-refractivity contribution in [2.45, 2.75) is 50.6 Å². The summed E-state index contributed by atoms with van der Waals surface area (Å²) in [5.74, 6) is -0.854. The van der Waals surface area contributed by atoms with Gasteiger partial charge < -0.3 is 14.4 Å². The van der Waals surface area contributed by atoms with E-state index in [0.29, 0.717) is 17.6 Å². The molecule has 1 aromatic carbocycles. The number of anilines is 2. The number of ether oxygens (including phenoxy) is 2. The molecule has 0 spiro atoms. The fourth-order valence-corrected chi connectivity index (χ4v) is 3.23. The van der Waals surface area contributed by atoms with E-state index < -0.39 is 30.4 Å². The predicted octanol–water partition coefficient (Wildman–Crippen LogP) is 5.92. The summed E-state index contributed by atoms with van der Waals surface area (Å²) in [6, 6.07) is 6.80. The highest BCUT2D eigenvalue weighted by Crippen LogP contribution is 2.37. The van der Waals surface area contributed by atoms with Crippen molar-refractivity contribution in [1.82, 2.24) is 9.97 Å². The lowest BCUT2D eigenvalue weighted by atomic mass is 9.98. The molecule has 0 unspecified atom stereocenters. The van der Waals surface area contributed by atoms with Gasteiger partial charge in [0.25, 0.3) is 0 Å². The molecule has 3 rings (SSSR count). The maximum absolute atomic E-state index is 13.1. The second-order valence-electron chi connectivity index (χ2n) is 7.22. The average Bonchev–Trinajstić information content (AvgIpc) is 2.71. The van der Waals surface area contributed by atoms with Gasteiger partial charge in [-0.3, -0.25) is 0 Å². The molecule has 31 heavy (non-hydrogen) atoms. The van der Waals surface area contributed by atoms with Crippen molar-refractivity contribution in [3.8, 4) is 11.6 Å². The van der Waals surface area contributed by atoms with Crippen molar-refractivity contribution in [2.24, 2.45) is 0 Å². The summed E-state index contributed by atoms with van der Waals surface area (Å²) in [5, 5.41) is 0. The van der Waals surface area contributed by atoms with Crippen LogP contribution in [0.4, 0.5) is 38.0 Å². The summed E-state index contributed by atoms with van der Waals surface area (Å²) >= 11 is 0. The third-order valence-electron chi connectivity index (χ3n) is 4.78. The Morgan fingerprint density at radius 2 is 1.77 bits per heavy atom. The topological polar surface area (TPSA) is 47.5 Å². The fraction of sp³-hybridized carbons (Fsp3) is 0.500. The number of nitrogens with zero attached hydrogens (tertiary/aromatic N) is 3. The van der Waals surface area contributed by atoms with Crippen LogP contribution in [0.3, 0.4) is 0 Å².